The largest absolute Gasteiger partial charge is 0.395 e. The van der Waals surface area contributed by atoms with Gasteiger partial charge in [-0.1, -0.05) is 19.3 Å². The van der Waals surface area contributed by atoms with E-state index in [4.69, 9.17) is 9.47 Å². The molecule has 23 heavy (non-hydrogen) atoms. The molecule has 0 bridgehead atoms. The molecule has 2 rings (SSSR count). The second-order valence-corrected chi connectivity index (χ2v) is 6.98. The van der Waals surface area contributed by atoms with Crippen LogP contribution in [0.4, 0.5) is 0 Å². The summed E-state index contributed by atoms with van der Waals surface area (Å²) in [5.41, 5.74) is 0. The van der Waals surface area contributed by atoms with Crippen molar-refractivity contribution in [3.63, 3.8) is 0 Å². The summed E-state index contributed by atoms with van der Waals surface area (Å²) in [6.45, 7) is 4.28. The lowest BCUT2D eigenvalue weighted by atomic mass is 9.89. The lowest BCUT2D eigenvalue weighted by Crippen LogP contribution is -2.44. The third-order valence-corrected chi connectivity index (χ3v) is 5.04. The van der Waals surface area contributed by atoms with Crippen molar-refractivity contribution in [1.82, 2.24) is 4.90 Å². The van der Waals surface area contributed by atoms with Gasteiger partial charge in [0.1, 0.15) is 6.10 Å². The lowest BCUT2D eigenvalue weighted by Gasteiger charge is -2.31. The molecule has 1 aliphatic heterocycles. The fourth-order valence-electron chi connectivity index (χ4n) is 3.61. The topological polar surface area (TPSA) is 59.0 Å². The van der Waals surface area contributed by atoms with E-state index < -0.39 is 6.10 Å². The minimum Gasteiger partial charge on any atom is -0.395 e. The number of amides is 1. The van der Waals surface area contributed by atoms with Crippen molar-refractivity contribution < 1.29 is 19.4 Å². The van der Waals surface area contributed by atoms with Gasteiger partial charge in [0.2, 0.25) is 0 Å². The number of carbonyl (C=O) groups excluding carboxylic acids is 1. The zero-order valence-electron chi connectivity index (χ0n) is 14.5. The molecule has 134 valence electrons. The highest BCUT2D eigenvalue weighted by molar-refractivity contribution is 5.80. The minimum absolute atomic E-state index is 0.000401. The Hall–Kier alpha value is -0.650. The molecule has 1 N–H and O–H groups in total. The molecule has 1 amide bonds. The summed E-state index contributed by atoms with van der Waals surface area (Å²) in [7, 11) is 0. The van der Waals surface area contributed by atoms with E-state index in [2.05, 4.69) is 0 Å². The molecule has 0 aromatic rings. The molecule has 2 fully saturated rings. The van der Waals surface area contributed by atoms with Crippen LogP contribution in [-0.2, 0) is 14.3 Å². The molecule has 5 heteroatoms. The van der Waals surface area contributed by atoms with Crippen LogP contribution >= 0.6 is 0 Å². The Morgan fingerprint density at radius 3 is 2.61 bits per heavy atom. The molecule has 0 aromatic heterocycles. The van der Waals surface area contributed by atoms with Crippen LogP contribution in [-0.4, -0.2) is 61.0 Å². The maximum absolute atomic E-state index is 12.6. The van der Waals surface area contributed by atoms with Crippen molar-refractivity contribution in [2.75, 3.05) is 32.9 Å². The summed E-state index contributed by atoms with van der Waals surface area (Å²) in [6, 6.07) is 0. The van der Waals surface area contributed by atoms with Crippen LogP contribution < -0.4 is 0 Å². The first-order valence-electron chi connectivity index (χ1n) is 9.33. The molecule has 1 saturated heterocycles. The van der Waals surface area contributed by atoms with Crippen LogP contribution in [0, 0.1) is 5.92 Å². The average molecular weight is 327 g/mol. The van der Waals surface area contributed by atoms with Gasteiger partial charge in [-0.2, -0.15) is 0 Å². The maximum atomic E-state index is 12.6. The Kier molecular flexibility index (Phi) is 8.34. The number of aliphatic hydroxyl groups excluding tert-OH is 1. The summed E-state index contributed by atoms with van der Waals surface area (Å²) in [4.78, 5) is 14.4. The van der Waals surface area contributed by atoms with Gasteiger partial charge in [-0.25, -0.2) is 0 Å². The van der Waals surface area contributed by atoms with Gasteiger partial charge in [-0.3, -0.25) is 4.79 Å². The first-order chi connectivity index (χ1) is 11.2. The van der Waals surface area contributed by atoms with Gasteiger partial charge in [0, 0.05) is 19.7 Å². The fraction of sp³-hybridized carbons (Fsp3) is 0.944. The van der Waals surface area contributed by atoms with Crippen LogP contribution in [0.2, 0.25) is 0 Å². The monoisotopic (exact) mass is 327 g/mol. The number of ether oxygens (including phenoxy) is 2. The van der Waals surface area contributed by atoms with Crippen molar-refractivity contribution in [3.8, 4) is 0 Å². The smallest absolute Gasteiger partial charge is 0.251 e. The van der Waals surface area contributed by atoms with Gasteiger partial charge in [0.05, 0.1) is 19.3 Å². The van der Waals surface area contributed by atoms with E-state index in [1.165, 1.54) is 38.5 Å². The van der Waals surface area contributed by atoms with E-state index in [-0.39, 0.29) is 18.6 Å². The quantitative estimate of drug-likeness (QED) is 0.743. The summed E-state index contributed by atoms with van der Waals surface area (Å²) < 4.78 is 11.4. The van der Waals surface area contributed by atoms with E-state index in [0.717, 1.165) is 26.0 Å². The fourth-order valence-corrected chi connectivity index (χ4v) is 3.61. The molecule has 0 aromatic carbocycles. The van der Waals surface area contributed by atoms with Crippen molar-refractivity contribution in [2.24, 2.45) is 5.92 Å². The normalized spacial score (nSPS) is 24.3. The van der Waals surface area contributed by atoms with Crippen LogP contribution in [0.25, 0.3) is 0 Å². The molecule has 1 saturated carbocycles. The molecular formula is C18H33NO4. The number of nitrogens with zero attached hydrogens (tertiary/aromatic N) is 1. The number of hydrogen-bond donors (Lipinski definition) is 1. The van der Waals surface area contributed by atoms with Gasteiger partial charge >= 0.3 is 0 Å². The van der Waals surface area contributed by atoms with Crippen molar-refractivity contribution >= 4 is 5.91 Å². The Balaban J connectivity index is 1.77. The van der Waals surface area contributed by atoms with Gasteiger partial charge in [0.25, 0.3) is 5.91 Å². The number of carbonyl (C=O) groups is 1. The molecule has 0 radical (unpaired) electrons. The molecule has 1 aliphatic carbocycles. The zero-order valence-corrected chi connectivity index (χ0v) is 14.5. The van der Waals surface area contributed by atoms with Crippen LogP contribution in [0.1, 0.15) is 58.3 Å². The molecule has 2 atom stereocenters. The average Bonchev–Trinajstić information content (AvgIpc) is 2.60. The van der Waals surface area contributed by atoms with E-state index >= 15 is 0 Å². The highest BCUT2D eigenvalue weighted by atomic mass is 16.5. The van der Waals surface area contributed by atoms with E-state index in [0.29, 0.717) is 19.1 Å². The molecule has 0 spiro atoms. The minimum atomic E-state index is -0.462. The summed E-state index contributed by atoms with van der Waals surface area (Å²) >= 11 is 0. The summed E-state index contributed by atoms with van der Waals surface area (Å²) in [5.74, 6) is 0.577. The zero-order chi connectivity index (χ0) is 16.5. The van der Waals surface area contributed by atoms with Crippen LogP contribution in [0.15, 0.2) is 0 Å². The van der Waals surface area contributed by atoms with Crippen molar-refractivity contribution in [2.45, 2.75) is 70.5 Å². The number of rotatable bonds is 8. The summed E-state index contributed by atoms with van der Waals surface area (Å²) in [6.07, 6.45) is 9.20. The lowest BCUT2D eigenvalue weighted by molar-refractivity contribution is -0.147. The second kappa shape index (κ2) is 10.3. The van der Waals surface area contributed by atoms with Gasteiger partial charge in [0.15, 0.2) is 0 Å². The molecule has 0 unspecified atom stereocenters. The number of hydrogen-bond acceptors (Lipinski definition) is 4. The molecule has 1 heterocycles. The van der Waals surface area contributed by atoms with Gasteiger partial charge < -0.3 is 19.5 Å². The van der Waals surface area contributed by atoms with E-state index in [1.807, 2.05) is 6.92 Å². The molecule has 5 nitrogen and oxygen atoms in total. The Morgan fingerprint density at radius 1 is 1.22 bits per heavy atom. The Morgan fingerprint density at radius 2 is 1.96 bits per heavy atom. The maximum Gasteiger partial charge on any atom is 0.251 e. The Bertz CT molecular complexity index is 338. The first kappa shape index (κ1) is 18.7. The van der Waals surface area contributed by atoms with Crippen molar-refractivity contribution in [3.05, 3.63) is 0 Å². The SMILES string of the molecule is C[C@H](OC[C@@H]1CCCCO1)C(=O)N(CCO)CC1CCCCC1. The third kappa shape index (κ3) is 6.40. The van der Waals surface area contributed by atoms with Crippen LogP contribution in [0.3, 0.4) is 0 Å². The third-order valence-electron chi connectivity index (χ3n) is 5.04. The number of aliphatic hydroxyl groups is 1. The van der Waals surface area contributed by atoms with Gasteiger partial charge in [-0.15, -0.1) is 0 Å². The van der Waals surface area contributed by atoms with Crippen LogP contribution in [0.5, 0.6) is 0 Å². The molecule has 2 aliphatic rings. The van der Waals surface area contributed by atoms with E-state index in [9.17, 15) is 9.90 Å². The predicted molar refractivity (Wildman–Crippen MR) is 89.2 cm³/mol. The van der Waals surface area contributed by atoms with Gasteiger partial charge in [-0.05, 0) is 44.9 Å². The Labute approximate surface area is 140 Å². The predicted octanol–water partition coefficient (Wildman–Crippen LogP) is 2.36. The first-order valence-corrected chi connectivity index (χ1v) is 9.33. The summed E-state index contributed by atoms with van der Waals surface area (Å²) in [5, 5.41) is 9.28. The van der Waals surface area contributed by atoms with E-state index in [1.54, 1.807) is 4.90 Å². The van der Waals surface area contributed by atoms with Crippen molar-refractivity contribution in [1.29, 1.82) is 0 Å². The molecular weight excluding hydrogens is 294 g/mol. The highest BCUT2D eigenvalue weighted by Gasteiger charge is 2.25. The second-order valence-electron chi connectivity index (χ2n) is 6.98. The highest BCUT2D eigenvalue weighted by Crippen LogP contribution is 2.24. The standard InChI is InChI=1S/C18H33NO4/c1-15(23-14-17-9-5-6-12-22-17)18(21)19(10-11-20)13-16-7-3-2-4-8-16/h15-17,20H,2-14H2,1H3/t15-,17-/m0/s1.